The van der Waals surface area contributed by atoms with Crippen LogP contribution in [0.15, 0.2) is 47.2 Å². The number of hydrogen-bond donors (Lipinski definition) is 0. The van der Waals surface area contributed by atoms with Crippen LogP contribution in [-0.4, -0.2) is 16.4 Å². The zero-order valence-electron chi connectivity index (χ0n) is 9.71. The van der Waals surface area contributed by atoms with Gasteiger partial charge in [0.15, 0.2) is 0 Å². The van der Waals surface area contributed by atoms with Crippen molar-refractivity contribution in [1.29, 1.82) is 0 Å². The van der Waals surface area contributed by atoms with Gasteiger partial charge in [-0.15, -0.1) is 0 Å². The SMILES string of the molecule is C[C@@H](COCc1ccccc1)n1cc(Br)cn1. The third-order valence-electron chi connectivity index (χ3n) is 2.49. The standard InChI is InChI=1S/C13H15BrN2O/c1-11(16-8-13(14)7-15-16)9-17-10-12-5-3-2-4-6-12/h2-8,11H,9-10H2,1H3/t11-/m0/s1. The van der Waals surface area contributed by atoms with Crippen molar-refractivity contribution in [3.63, 3.8) is 0 Å². The first-order valence-electron chi connectivity index (χ1n) is 5.57. The lowest BCUT2D eigenvalue weighted by Gasteiger charge is -2.12. The van der Waals surface area contributed by atoms with Crippen LogP contribution in [0.2, 0.25) is 0 Å². The summed E-state index contributed by atoms with van der Waals surface area (Å²) in [6.07, 6.45) is 3.74. The first-order chi connectivity index (χ1) is 8.25. The largest absolute Gasteiger partial charge is 0.375 e. The number of hydrogen-bond acceptors (Lipinski definition) is 2. The highest BCUT2D eigenvalue weighted by Crippen LogP contribution is 2.12. The molecular weight excluding hydrogens is 280 g/mol. The maximum Gasteiger partial charge on any atom is 0.0725 e. The third-order valence-corrected chi connectivity index (χ3v) is 2.90. The first-order valence-corrected chi connectivity index (χ1v) is 6.36. The summed E-state index contributed by atoms with van der Waals surface area (Å²) in [4.78, 5) is 0. The molecule has 0 saturated heterocycles. The quantitative estimate of drug-likeness (QED) is 0.845. The Kier molecular flexibility index (Phi) is 4.34. The van der Waals surface area contributed by atoms with Crippen molar-refractivity contribution < 1.29 is 4.74 Å². The van der Waals surface area contributed by atoms with Crippen LogP contribution in [0.1, 0.15) is 18.5 Å². The number of ether oxygens (including phenoxy) is 1. The van der Waals surface area contributed by atoms with Gasteiger partial charge in [-0.2, -0.15) is 5.10 Å². The molecule has 2 aromatic rings. The number of benzene rings is 1. The fraction of sp³-hybridized carbons (Fsp3) is 0.308. The van der Waals surface area contributed by atoms with Crippen LogP contribution < -0.4 is 0 Å². The summed E-state index contributed by atoms with van der Waals surface area (Å²) in [7, 11) is 0. The lowest BCUT2D eigenvalue weighted by Crippen LogP contribution is -2.12. The van der Waals surface area contributed by atoms with E-state index in [-0.39, 0.29) is 6.04 Å². The molecule has 2 rings (SSSR count). The molecule has 1 heterocycles. The summed E-state index contributed by atoms with van der Waals surface area (Å²) >= 11 is 3.38. The average molecular weight is 295 g/mol. The smallest absolute Gasteiger partial charge is 0.0725 e. The van der Waals surface area contributed by atoms with Crippen molar-refractivity contribution in [2.45, 2.75) is 19.6 Å². The van der Waals surface area contributed by atoms with E-state index in [2.05, 4.69) is 40.1 Å². The van der Waals surface area contributed by atoms with Crippen molar-refractivity contribution in [2.24, 2.45) is 0 Å². The fourth-order valence-corrected chi connectivity index (χ4v) is 1.86. The first kappa shape index (κ1) is 12.3. The van der Waals surface area contributed by atoms with Gasteiger partial charge in [-0.25, -0.2) is 0 Å². The van der Waals surface area contributed by atoms with Gasteiger partial charge in [0.25, 0.3) is 0 Å². The highest BCUT2D eigenvalue weighted by atomic mass is 79.9. The Bertz CT molecular complexity index is 455. The molecule has 4 heteroatoms. The van der Waals surface area contributed by atoms with E-state index in [0.717, 1.165) is 4.47 Å². The maximum absolute atomic E-state index is 5.67. The number of halogens is 1. The number of nitrogens with zero attached hydrogens (tertiary/aromatic N) is 2. The zero-order chi connectivity index (χ0) is 12.1. The van der Waals surface area contributed by atoms with Gasteiger partial charge in [0, 0.05) is 6.20 Å². The van der Waals surface area contributed by atoms with Gasteiger partial charge in [0.1, 0.15) is 0 Å². The van der Waals surface area contributed by atoms with Gasteiger partial charge in [-0.1, -0.05) is 30.3 Å². The molecule has 3 nitrogen and oxygen atoms in total. The predicted molar refractivity (Wildman–Crippen MR) is 70.7 cm³/mol. The second-order valence-corrected chi connectivity index (χ2v) is 4.90. The average Bonchev–Trinajstić information content (AvgIpc) is 2.77. The Morgan fingerprint density at radius 3 is 2.76 bits per heavy atom. The lowest BCUT2D eigenvalue weighted by atomic mass is 10.2. The van der Waals surface area contributed by atoms with E-state index in [1.54, 1.807) is 6.20 Å². The topological polar surface area (TPSA) is 27.1 Å². The minimum absolute atomic E-state index is 0.241. The van der Waals surface area contributed by atoms with Crippen LogP contribution in [0.25, 0.3) is 0 Å². The molecule has 1 atom stereocenters. The highest BCUT2D eigenvalue weighted by Gasteiger charge is 2.05. The molecule has 0 aliphatic rings. The van der Waals surface area contributed by atoms with Crippen LogP contribution in [0.5, 0.6) is 0 Å². The van der Waals surface area contributed by atoms with Gasteiger partial charge in [-0.05, 0) is 28.4 Å². The Labute approximate surface area is 110 Å². The Balaban J connectivity index is 1.79. The van der Waals surface area contributed by atoms with Crippen molar-refractivity contribution in [1.82, 2.24) is 9.78 Å². The van der Waals surface area contributed by atoms with E-state index in [9.17, 15) is 0 Å². The summed E-state index contributed by atoms with van der Waals surface area (Å²) in [5, 5.41) is 4.23. The Hall–Kier alpha value is -1.13. The van der Waals surface area contributed by atoms with Crippen LogP contribution in [0.4, 0.5) is 0 Å². The van der Waals surface area contributed by atoms with Gasteiger partial charge in [0.05, 0.1) is 29.9 Å². The van der Waals surface area contributed by atoms with Gasteiger partial charge >= 0.3 is 0 Å². The molecule has 0 radical (unpaired) electrons. The molecule has 0 saturated carbocycles. The minimum Gasteiger partial charge on any atom is -0.375 e. The van der Waals surface area contributed by atoms with Crippen molar-refractivity contribution in [3.05, 3.63) is 52.8 Å². The summed E-state index contributed by atoms with van der Waals surface area (Å²) in [6, 6.07) is 10.4. The molecule has 17 heavy (non-hydrogen) atoms. The normalized spacial score (nSPS) is 12.6. The summed E-state index contributed by atoms with van der Waals surface area (Å²) < 4.78 is 8.56. The second-order valence-electron chi connectivity index (χ2n) is 3.99. The van der Waals surface area contributed by atoms with Crippen LogP contribution in [0.3, 0.4) is 0 Å². The predicted octanol–water partition coefficient (Wildman–Crippen LogP) is 3.42. The summed E-state index contributed by atoms with van der Waals surface area (Å²) in [5.41, 5.74) is 1.20. The monoisotopic (exact) mass is 294 g/mol. The molecular formula is C13H15BrN2O. The Morgan fingerprint density at radius 2 is 2.12 bits per heavy atom. The number of aromatic nitrogens is 2. The zero-order valence-corrected chi connectivity index (χ0v) is 11.3. The fourth-order valence-electron chi connectivity index (χ4n) is 1.55. The van der Waals surface area contributed by atoms with Crippen LogP contribution in [0, 0.1) is 0 Å². The summed E-state index contributed by atoms with van der Waals surface area (Å²) in [5.74, 6) is 0. The highest BCUT2D eigenvalue weighted by molar-refractivity contribution is 9.10. The van der Waals surface area contributed by atoms with Crippen molar-refractivity contribution >= 4 is 15.9 Å². The van der Waals surface area contributed by atoms with Crippen molar-refractivity contribution in [2.75, 3.05) is 6.61 Å². The van der Waals surface area contributed by atoms with E-state index in [4.69, 9.17) is 4.74 Å². The van der Waals surface area contributed by atoms with Crippen LogP contribution >= 0.6 is 15.9 Å². The lowest BCUT2D eigenvalue weighted by molar-refractivity contribution is 0.0914. The second kappa shape index (κ2) is 5.98. The summed E-state index contributed by atoms with van der Waals surface area (Å²) in [6.45, 7) is 3.39. The molecule has 0 unspecified atom stereocenters. The molecule has 0 aliphatic heterocycles. The molecule has 1 aromatic heterocycles. The molecule has 0 spiro atoms. The third kappa shape index (κ3) is 3.68. The molecule has 0 bridgehead atoms. The Morgan fingerprint density at radius 1 is 1.35 bits per heavy atom. The number of rotatable bonds is 5. The van der Waals surface area contributed by atoms with E-state index in [1.807, 2.05) is 29.1 Å². The van der Waals surface area contributed by atoms with E-state index >= 15 is 0 Å². The maximum atomic E-state index is 5.67. The van der Waals surface area contributed by atoms with Gasteiger partial charge < -0.3 is 4.74 Å². The molecule has 0 N–H and O–H groups in total. The van der Waals surface area contributed by atoms with Crippen molar-refractivity contribution in [3.8, 4) is 0 Å². The van der Waals surface area contributed by atoms with E-state index < -0.39 is 0 Å². The minimum atomic E-state index is 0.241. The molecule has 0 aliphatic carbocycles. The molecule has 0 fully saturated rings. The van der Waals surface area contributed by atoms with Gasteiger partial charge in [0.2, 0.25) is 0 Å². The molecule has 1 aromatic carbocycles. The van der Waals surface area contributed by atoms with Gasteiger partial charge in [-0.3, -0.25) is 4.68 Å². The molecule has 90 valence electrons. The molecule has 0 amide bonds. The van der Waals surface area contributed by atoms with Crippen LogP contribution in [-0.2, 0) is 11.3 Å². The van der Waals surface area contributed by atoms with E-state index in [1.165, 1.54) is 5.56 Å². The van der Waals surface area contributed by atoms with E-state index in [0.29, 0.717) is 13.2 Å².